The fraction of sp³-hybridized carbons (Fsp3) is 0.250. The van der Waals surface area contributed by atoms with Gasteiger partial charge in [-0.25, -0.2) is 0 Å². The molecule has 0 saturated carbocycles. The average Bonchev–Trinajstić information content (AvgIpc) is 1.96. The smallest absolute Gasteiger partial charge is 0.0446 e. The van der Waals surface area contributed by atoms with E-state index < -0.39 is 0 Å². The first-order chi connectivity index (χ1) is 4.70. The van der Waals surface area contributed by atoms with Gasteiger partial charge in [0, 0.05) is 16.5 Å². The van der Waals surface area contributed by atoms with E-state index in [1.807, 2.05) is 19.1 Å². The maximum absolute atomic E-state index is 5.83. The van der Waals surface area contributed by atoms with Crippen LogP contribution in [0.5, 0.6) is 0 Å². The molecule has 0 N–H and O–H groups in total. The highest BCUT2D eigenvalue weighted by molar-refractivity contribution is 6.35. The molecule has 0 aromatic rings. The van der Waals surface area contributed by atoms with Gasteiger partial charge in [-0.1, -0.05) is 35.4 Å². The normalized spacial score (nSPS) is 18.9. The predicted molar refractivity (Wildman–Crippen MR) is 46.2 cm³/mol. The van der Waals surface area contributed by atoms with Crippen LogP contribution in [0.4, 0.5) is 0 Å². The molecule has 0 amide bonds. The van der Waals surface area contributed by atoms with Gasteiger partial charge >= 0.3 is 0 Å². The van der Waals surface area contributed by atoms with Gasteiger partial charge in [0.15, 0.2) is 0 Å². The van der Waals surface area contributed by atoms with E-state index in [4.69, 9.17) is 23.2 Å². The Labute approximate surface area is 70.8 Å². The largest absolute Gasteiger partial charge is 0.0888 e. The molecule has 0 aliphatic heterocycles. The van der Waals surface area contributed by atoms with Gasteiger partial charge in [0.25, 0.3) is 0 Å². The van der Waals surface area contributed by atoms with E-state index in [-0.39, 0.29) is 0 Å². The van der Waals surface area contributed by atoms with Crippen molar-refractivity contribution in [3.05, 3.63) is 33.9 Å². The van der Waals surface area contributed by atoms with E-state index in [1.54, 1.807) is 6.08 Å². The number of allylic oxidation sites excluding steroid dienone is 6. The van der Waals surface area contributed by atoms with Crippen molar-refractivity contribution < 1.29 is 0 Å². The fourth-order valence-corrected chi connectivity index (χ4v) is 1.19. The Morgan fingerprint density at radius 1 is 1.40 bits per heavy atom. The maximum atomic E-state index is 5.83. The lowest BCUT2D eigenvalue weighted by Gasteiger charge is -1.90. The minimum absolute atomic E-state index is 0.735. The summed E-state index contributed by atoms with van der Waals surface area (Å²) in [6, 6.07) is 0. The molecule has 0 heterocycles. The summed E-state index contributed by atoms with van der Waals surface area (Å²) in [5, 5.41) is 1.52. The van der Waals surface area contributed by atoms with Crippen LogP contribution in [0.2, 0.25) is 0 Å². The Balaban J connectivity index is 2.98. The van der Waals surface area contributed by atoms with Gasteiger partial charge in [-0.2, -0.15) is 0 Å². The van der Waals surface area contributed by atoms with Crippen molar-refractivity contribution in [3.8, 4) is 0 Å². The van der Waals surface area contributed by atoms with Gasteiger partial charge in [0.2, 0.25) is 0 Å². The van der Waals surface area contributed by atoms with E-state index in [9.17, 15) is 0 Å². The number of halogens is 2. The number of hydrogen-bond donors (Lipinski definition) is 0. The molecule has 0 fully saturated rings. The molecule has 0 atom stereocenters. The molecule has 0 saturated heterocycles. The van der Waals surface area contributed by atoms with Gasteiger partial charge in [0.05, 0.1) is 0 Å². The molecule has 54 valence electrons. The molecule has 1 aliphatic carbocycles. The molecule has 0 aromatic carbocycles. The minimum Gasteiger partial charge on any atom is -0.0888 e. The van der Waals surface area contributed by atoms with Crippen molar-refractivity contribution in [2.45, 2.75) is 13.3 Å². The summed E-state index contributed by atoms with van der Waals surface area (Å²) in [6.07, 6.45) is 6.56. The Morgan fingerprint density at radius 2 is 2.10 bits per heavy atom. The number of rotatable bonds is 0. The van der Waals surface area contributed by atoms with Crippen LogP contribution in [0.3, 0.4) is 0 Å². The highest BCUT2D eigenvalue weighted by Gasteiger charge is 1.98. The first kappa shape index (κ1) is 7.90. The molecule has 2 heteroatoms. The van der Waals surface area contributed by atoms with Gasteiger partial charge in [-0.05, 0) is 18.6 Å². The third-order valence-corrected chi connectivity index (χ3v) is 2.01. The van der Waals surface area contributed by atoms with E-state index in [2.05, 4.69) is 0 Å². The van der Waals surface area contributed by atoms with Gasteiger partial charge in [-0.3, -0.25) is 0 Å². The van der Waals surface area contributed by atoms with Crippen LogP contribution < -0.4 is 0 Å². The van der Waals surface area contributed by atoms with E-state index >= 15 is 0 Å². The first-order valence-electron chi connectivity index (χ1n) is 3.09. The SMILES string of the molecule is CC1=C(Cl)C=C(Cl)CC=C1. The first-order valence-corrected chi connectivity index (χ1v) is 3.85. The third kappa shape index (κ3) is 1.89. The van der Waals surface area contributed by atoms with Crippen molar-refractivity contribution >= 4 is 23.2 Å². The quantitative estimate of drug-likeness (QED) is 0.527. The van der Waals surface area contributed by atoms with E-state index in [0.717, 1.165) is 22.1 Å². The summed E-state index contributed by atoms with van der Waals surface area (Å²) in [7, 11) is 0. The monoisotopic (exact) mass is 174 g/mol. The molecule has 1 aliphatic rings. The highest BCUT2D eigenvalue weighted by atomic mass is 35.5. The van der Waals surface area contributed by atoms with Crippen molar-refractivity contribution in [1.29, 1.82) is 0 Å². The lowest BCUT2D eigenvalue weighted by molar-refractivity contribution is 1.36. The van der Waals surface area contributed by atoms with Gasteiger partial charge in [0.1, 0.15) is 0 Å². The van der Waals surface area contributed by atoms with Crippen LogP contribution in [0, 0.1) is 0 Å². The fourth-order valence-electron chi connectivity index (χ4n) is 0.738. The Kier molecular flexibility index (Phi) is 2.58. The molecule has 0 nitrogen and oxygen atoms in total. The summed E-state index contributed by atoms with van der Waals surface area (Å²) >= 11 is 11.6. The maximum Gasteiger partial charge on any atom is 0.0446 e. The molecule has 0 radical (unpaired) electrons. The van der Waals surface area contributed by atoms with Crippen LogP contribution in [0.25, 0.3) is 0 Å². The molecule has 1 rings (SSSR count). The van der Waals surface area contributed by atoms with Gasteiger partial charge < -0.3 is 0 Å². The van der Waals surface area contributed by atoms with E-state index in [0.29, 0.717) is 0 Å². The molecular formula is C8H8Cl2. The van der Waals surface area contributed by atoms with Crippen LogP contribution >= 0.6 is 23.2 Å². The molecule has 0 spiro atoms. The van der Waals surface area contributed by atoms with Crippen molar-refractivity contribution in [2.24, 2.45) is 0 Å². The van der Waals surface area contributed by atoms with Crippen LogP contribution in [-0.2, 0) is 0 Å². The summed E-state index contributed by atoms with van der Waals surface area (Å²) in [5.41, 5.74) is 1.07. The molecule has 0 bridgehead atoms. The van der Waals surface area contributed by atoms with Crippen LogP contribution in [0.15, 0.2) is 33.9 Å². The average molecular weight is 175 g/mol. The molecule has 10 heavy (non-hydrogen) atoms. The van der Waals surface area contributed by atoms with Crippen molar-refractivity contribution in [1.82, 2.24) is 0 Å². The lowest BCUT2D eigenvalue weighted by Crippen LogP contribution is -1.69. The molecule has 0 aromatic heterocycles. The third-order valence-electron chi connectivity index (χ3n) is 1.34. The zero-order valence-electron chi connectivity index (χ0n) is 5.70. The van der Waals surface area contributed by atoms with Crippen molar-refractivity contribution in [2.75, 3.05) is 0 Å². The van der Waals surface area contributed by atoms with E-state index in [1.165, 1.54) is 0 Å². The summed E-state index contributed by atoms with van der Waals surface area (Å²) in [4.78, 5) is 0. The molecular weight excluding hydrogens is 167 g/mol. The second-order valence-corrected chi connectivity index (χ2v) is 3.12. The van der Waals surface area contributed by atoms with Gasteiger partial charge in [-0.15, -0.1) is 0 Å². The zero-order chi connectivity index (χ0) is 7.56. The minimum atomic E-state index is 0.735. The highest BCUT2D eigenvalue weighted by Crippen LogP contribution is 2.21. The predicted octanol–water partition coefficient (Wildman–Crippen LogP) is 3.58. The zero-order valence-corrected chi connectivity index (χ0v) is 7.21. The summed E-state index contributed by atoms with van der Waals surface area (Å²) < 4.78 is 0. The second kappa shape index (κ2) is 3.27. The second-order valence-electron chi connectivity index (χ2n) is 2.23. The standard InChI is InChI=1S/C8H8Cl2/c1-6-3-2-4-7(9)5-8(6)10/h2-3,5H,4H2,1H3. The Bertz CT molecular complexity index is 221. The van der Waals surface area contributed by atoms with Crippen molar-refractivity contribution in [3.63, 3.8) is 0 Å². The summed E-state index contributed by atoms with van der Waals surface area (Å²) in [5.74, 6) is 0. The van der Waals surface area contributed by atoms with Crippen LogP contribution in [-0.4, -0.2) is 0 Å². The Hall–Kier alpha value is -0.200. The number of hydrogen-bond acceptors (Lipinski definition) is 0. The van der Waals surface area contributed by atoms with Crippen LogP contribution in [0.1, 0.15) is 13.3 Å². The summed E-state index contributed by atoms with van der Waals surface area (Å²) in [6.45, 7) is 1.96. The molecule has 0 unspecified atom stereocenters. The topological polar surface area (TPSA) is 0 Å². The lowest BCUT2D eigenvalue weighted by atomic mass is 10.3. The Morgan fingerprint density at radius 3 is 2.80 bits per heavy atom.